The molecule has 268 valence electrons. The first-order valence-corrected chi connectivity index (χ1v) is 18.7. The molecule has 5 aromatic rings. The highest BCUT2D eigenvalue weighted by molar-refractivity contribution is 7.89. The summed E-state index contributed by atoms with van der Waals surface area (Å²) in [6, 6.07) is 20.0. The monoisotopic (exact) mass is 712 g/mol. The van der Waals surface area contributed by atoms with Crippen molar-refractivity contribution in [2.24, 2.45) is 0 Å². The number of likely N-dealkylation sites (tertiary alicyclic amines) is 1. The molecule has 0 spiro atoms. The lowest BCUT2D eigenvalue weighted by atomic mass is 10.1. The summed E-state index contributed by atoms with van der Waals surface area (Å²) in [4.78, 5) is 37.5. The quantitative estimate of drug-likeness (QED) is 0.231. The second-order valence-electron chi connectivity index (χ2n) is 13.3. The van der Waals surface area contributed by atoms with Crippen molar-refractivity contribution in [1.29, 1.82) is 0 Å². The van der Waals surface area contributed by atoms with E-state index in [9.17, 15) is 22.8 Å². The number of aldehydes is 1. The Morgan fingerprint density at radius 1 is 0.725 bits per heavy atom. The van der Waals surface area contributed by atoms with Crippen LogP contribution in [0.1, 0.15) is 35.1 Å². The summed E-state index contributed by atoms with van der Waals surface area (Å²) in [6.07, 6.45) is 2.18. The standard InChI is InChI=1S/C26H31N3O5S.C13H13NO2/c1-18-3-5-22-19(2)16-26(30)29(23(22)15-18)12-11-28-9-7-20(8-10-28)27-35(31,32)21-4-6-24-25(17-21)34-14-13-33-24;1-9-3-4-11-10(2)8-13(16)14(5-6-15)12(11)7-9/h3-6,15-17,20,27H,7-14H2,1-2H3;3-4,6-8H,5H2,1-2H3. The van der Waals surface area contributed by atoms with E-state index in [2.05, 4.69) is 27.8 Å². The molecule has 2 aliphatic rings. The van der Waals surface area contributed by atoms with E-state index in [1.807, 2.05) is 50.5 Å². The number of aromatic nitrogens is 2. The van der Waals surface area contributed by atoms with Gasteiger partial charge in [-0.1, -0.05) is 24.3 Å². The molecule has 7 rings (SSSR count). The zero-order chi connectivity index (χ0) is 36.3. The number of rotatable bonds is 8. The van der Waals surface area contributed by atoms with Crippen LogP contribution in [-0.4, -0.2) is 67.6 Å². The van der Waals surface area contributed by atoms with Crippen LogP contribution in [0.4, 0.5) is 0 Å². The summed E-state index contributed by atoms with van der Waals surface area (Å²) in [5, 5.41) is 2.12. The third-order valence-electron chi connectivity index (χ3n) is 9.58. The van der Waals surface area contributed by atoms with Gasteiger partial charge in [0.15, 0.2) is 11.5 Å². The second-order valence-corrected chi connectivity index (χ2v) is 15.1. The van der Waals surface area contributed by atoms with Crippen molar-refractivity contribution in [2.45, 2.75) is 64.6 Å². The SMILES string of the molecule is Cc1ccc2c(C)cc(=O)n(CC=O)c2c1.Cc1ccc2c(C)cc(=O)n(CCN3CCC(NS(=O)(=O)c4ccc5c(c4)OCCO5)CC3)c2c1. The van der Waals surface area contributed by atoms with E-state index in [0.717, 1.165) is 70.0 Å². The number of piperidine rings is 1. The summed E-state index contributed by atoms with van der Waals surface area (Å²) >= 11 is 0. The normalized spacial score (nSPS) is 15.1. The largest absolute Gasteiger partial charge is 0.486 e. The maximum Gasteiger partial charge on any atom is 0.251 e. The minimum atomic E-state index is -3.65. The van der Waals surface area contributed by atoms with E-state index in [4.69, 9.17) is 9.47 Å². The molecule has 0 atom stereocenters. The van der Waals surface area contributed by atoms with Crippen LogP contribution in [0, 0.1) is 27.7 Å². The van der Waals surface area contributed by atoms with Crippen LogP contribution >= 0.6 is 0 Å². The van der Waals surface area contributed by atoms with Crippen molar-refractivity contribution < 1.29 is 22.7 Å². The average molecular weight is 713 g/mol. The number of aryl methyl sites for hydroxylation is 4. The van der Waals surface area contributed by atoms with Gasteiger partial charge < -0.3 is 28.3 Å². The number of carbonyl (C=O) groups is 1. The van der Waals surface area contributed by atoms with Crippen LogP contribution in [0.15, 0.2) is 81.2 Å². The number of carbonyl (C=O) groups excluding carboxylic acids is 1. The van der Waals surface area contributed by atoms with Crippen LogP contribution < -0.4 is 25.3 Å². The third kappa shape index (κ3) is 8.08. The molecule has 12 heteroatoms. The number of hydrogen-bond donors (Lipinski definition) is 1. The van der Waals surface area contributed by atoms with E-state index in [1.165, 1.54) is 10.6 Å². The molecule has 0 radical (unpaired) electrons. The zero-order valence-corrected chi connectivity index (χ0v) is 30.3. The fourth-order valence-corrected chi connectivity index (χ4v) is 8.12. The van der Waals surface area contributed by atoms with Gasteiger partial charge in [-0.25, -0.2) is 13.1 Å². The van der Waals surface area contributed by atoms with Crippen molar-refractivity contribution in [3.05, 3.63) is 110 Å². The zero-order valence-electron chi connectivity index (χ0n) is 29.5. The van der Waals surface area contributed by atoms with Gasteiger partial charge >= 0.3 is 0 Å². The van der Waals surface area contributed by atoms with Crippen LogP contribution in [0.25, 0.3) is 21.8 Å². The first-order chi connectivity index (χ1) is 24.4. The van der Waals surface area contributed by atoms with Crippen molar-refractivity contribution in [2.75, 3.05) is 32.8 Å². The van der Waals surface area contributed by atoms with E-state index in [0.29, 0.717) is 44.1 Å². The van der Waals surface area contributed by atoms with Crippen LogP contribution in [0.5, 0.6) is 11.5 Å². The highest BCUT2D eigenvalue weighted by atomic mass is 32.2. The Morgan fingerprint density at radius 3 is 1.90 bits per heavy atom. The molecule has 3 aromatic carbocycles. The van der Waals surface area contributed by atoms with E-state index in [-0.39, 0.29) is 28.6 Å². The highest BCUT2D eigenvalue weighted by Gasteiger charge is 2.26. The fourth-order valence-electron chi connectivity index (χ4n) is 6.80. The van der Waals surface area contributed by atoms with Gasteiger partial charge in [0.05, 0.1) is 22.5 Å². The summed E-state index contributed by atoms with van der Waals surface area (Å²) in [7, 11) is -3.65. The summed E-state index contributed by atoms with van der Waals surface area (Å²) < 4.78 is 43.1. The average Bonchev–Trinajstić information content (AvgIpc) is 3.10. The van der Waals surface area contributed by atoms with Gasteiger partial charge in [-0.15, -0.1) is 0 Å². The Hall–Kier alpha value is -4.78. The Labute approximate surface area is 297 Å². The lowest BCUT2D eigenvalue weighted by molar-refractivity contribution is -0.108. The van der Waals surface area contributed by atoms with E-state index < -0.39 is 10.0 Å². The number of nitrogens with one attached hydrogen (secondary N) is 1. The Balaban J connectivity index is 0.000000234. The predicted molar refractivity (Wildman–Crippen MR) is 199 cm³/mol. The lowest BCUT2D eigenvalue weighted by Gasteiger charge is -2.32. The maximum atomic E-state index is 12.9. The van der Waals surface area contributed by atoms with Crippen LogP contribution in [0.2, 0.25) is 0 Å². The molecule has 4 heterocycles. The van der Waals surface area contributed by atoms with Crippen LogP contribution in [0.3, 0.4) is 0 Å². The third-order valence-corrected chi connectivity index (χ3v) is 11.1. The molecule has 1 fully saturated rings. The van der Waals surface area contributed by atoms with Crippen molar-refractivity contribution in [3.8, 4) is 11.5 Å². The second kappa shape index (κ2) is 15.2. The van der Waals surface area contributed by atoms with Gasteiger partial charge in [-0.3, -0.25) is 9.59 Å². The molecule has 0 saturated carbocycles. The molecule has 2 aliphatic heterocycles. The van der Waals surface area contributed by atoms with E-state index in [1.54, 1.807) is 24.3 Å². The number of hydrogen-bond acceptors (Lipinski definition) is 8. The number of benzene rings is 3. The minimum Gasteiger partial charge on any atom is -0.486 e. The van der Waals surface area contributed by atoms with Crippen molar-refractivity contribution in [1.82, 2.24) is 18.8 Å². The molecule has 51 heavy (non-hydrogen) atoms. The van der Waals surface area contributed by atoms with Crippen molar-refractivity contribution >= 4 is 38.1 Å². The molecule has 0 bridgehead atoms. The van der Waals surface area contributed by atoms with Gasteiger partial charge in [-0.2, -0.15) is 0 Å². The van der Waals surface area contributed by atoms with Gasteiger partial charge in [-0.05, 0) is 100 Å². The van der Waals surface area contributed by atoms with Gasteiger partial charge in [0.25, 0.3) is 11.1 Å². The first kappa shape index (κ1) is 36.0. The predicted octanol–water partition coefficient (Wildman–Crippen LogP) is 4.65. The van der Waals surface area contributed by atoms with Gasteiger partial charge in [0.1, 0.15) is 19.5 Å². The fraction of sp³-hybridized carbons (Fsp3) is 0.359. The Bertz CT molecular complexity index is 2320. The van der Waals surface area contributed by atoms with Gasteiger partial charge in [0.2, 0.25) is 10.0 Å². The Kier molecular flexibility index (Phi) is 10.8. The number of ether oxygens (including phenoxy) is 2. The number of pyridine rings is 2. The number of sulfonamides is 1. The molecule has 11 nitrogen and oxygen atoms in total. The Morgan fingerprint density at radius 2 is 1.29 bits per heavy atom. The lowest BCUT2D eigenvalue weighted by Crippen LogP contribution is -2.45. The molecule has 1 saturated heterocycles. The molecular formula is C39H44N4O7S. The highest BCUT2D eigenvalue weighted by Crippen LogP contribution is 2.32. The van der Waals surface area contributed by atoms with Crippen molar-refractivity contribution in [3.63, 3.8) is 0 Å². The molecular weight excluding hydrogens is 669 g/mol. The first-order valence-electron chi connectivity index (χ1n) is 17.2. The molecule has 0 aliphatic carbocycles. The molecule has 1 N–H and O–H groups in total. The van der Waals surface area contributed by atoms with Crippen LogP contribution in [-0.2, 0) is 27.9 Å². The summed E-state index contributed by atoms with van der Waals surface area (Å²) in [6.45, 7) is 11.8. The maximum absolute atomic E-state index is 12.9. The molecule has 0 unspecified atom stereocenters. The van der Waals surface area contributed by atoms with E-state index >= 15 is 0 Å². The summed E-state index contributed by atoms with van der Waals surface area (Å²) in [5.74, 6) is 1.03. The topological polar surface area (TPSA) is 129 Å². The minimum absolute atomic E-state index is 0.0164. The summed E-state index contributed by atoms with van der Waals surface area (Å²) in [5.41, 5.74) is 5.84. The number of fused-ring (bicyclic) bond motifs is 3. The number of nitrogens with zero attached hydrogens (tertiary/aromatic N) is 3. The molecule has 2 aromatic heterocycles. The van der Waals surface area contributed by atoms with Gasteiger partial charge in [0, 0.05) is 48.1 Å². The smallest absolute Gasteiger partial charge is 0.251 e. The molecule has 0 amide bonds.